The second kappa shape index (κ2) is 5.12. The minimum absolute atomic E-state index is 0.0119. The maximum atomic E-state index is 12.0. The Kier molecular flexibility index (Phi) is 4.05. The summed E-state index contributed by atoms with van der Waals surface area (Å²) in [7, 11) is -4.07. The average molecular weight is 435 g/mol. The maximum Gasteiger partial charge on any atom is 0.271 e. The first-order valence-electron chi connectivity index (χ1n) is 6.57. The van der Waals surface area contributed by atoms with E-state index < -0.39 is 23.8 Å². The van der Waals surface area contributed by atoms with Crippen molar-refractivity contribution >= 4 is 63.5 Å². The number of thioether (sulfide) groups is 2. The van der Waals surface area contributed by atoms with Crippen LogP contribution >= 0.6 is 39.5 Å². The number of hydrogen-bond donors (Lipinski definition) is 0. The zero-order chi connectivity index (χ0) is 15.6. The molecule has 3 saturated heterocycles. The number of fused-ring (bicyclic) bond motifs is 1. The SMILES string of the molecule is C[N+](=C1SC2CS(=O)(=O)C(Br)C2(C)S1)C1CCS(=O)(=O)C1. The van der Waals surface area contributed by atoms with E-state index in [0.717, 1.165) is 4.38 Å². The van der Waals surface area contributed by atoms with Crippen LogP contribution in [-0.4, -0.2) is 70.3 Å². The highest BCUT2D eigenvalue weighted by atomic mass is 79.9. The van der Waals surface area contributed by atoms with Gasteiger partial charge in [-0.3, -0.25) is 0 Å². The van der Waals surface area contributed by atoms with Gasteiger partial charge in [0.15, 0.2) is 25.7 Å². The Bertz CT molecular complexity index is 717. The minimum atomic E-state index is -3.08. The highest BCUT2D eigenvalue weighted by Gasteiger charge is 2.62. The number of alkyl halides is 1. The van der Waals surface area contributed by atoms with Crippen molar-refractivity contribution in [1.29, 1.82) is 0 Å². The molecule has 0 aromatic carbocycles. The van der Waals surface area contributed by atoms with E-state index in [4.69, 9.17) is 0 Å². The van der Waals surface area contributed by atoms with Crippen LogP contribution in [0.25, 0.3) is 0 Å². The molecule has 0 bridgehead atoms. The number of nitrogens with zero attached hydrogens (tertiary/aromatic N) is 1. The van der Waals surface area contributed by atoms with E-state index in [1.54, 1.807) is 23.5 Å². The topological polar surface area (TPSA) is 71.3 Å². The van der Waals surface area contributed by atoms with E-state index in [1.165, 1.54) is 0 Å². The normalized spacial score (nSPS) is 46.5. The molecule has 3 fully saturated rings. The molecular formula is C11H17BrNO4S4+. The molecule has 10 heteroatoms. The minimum Gasteiger partial charge on any atom is -0.229 e. The van der Waals surface area contributed by atoms with Crippen LogP contribution in [0.5, 0.6) is 0 Å². The van der Waals surface area contributed by atoms with E-state index in [-0.39, 0.29) is 33.3 Å². The van der Waals surface area contributed by atoms with E-state index in [9.17, 15) is 16.8 Å². The van der Waals surface area contributed by atoms with Gasteiger partial charge in [-0.1, -0.05) is 15.9 Å². The van der Waals surface area contributed by atoms with Crippen molar-refractivity contribution in [1.82, 2.24) is 0 Å². The molecule has 0 amide bonds. The third-order valence-corrected chi connectivity index (χ3v) is 14.9. The molecule has 3 aliphatic heterocycles. The third-order valence-electron chi connectivity index (χ3n) is 4.38. The Balaban J connectivity index is 1.87. The van der Waals surface area contributed by atoms with Gasteiger partial charge in [0.2, 0.25) is 0 Å². The lowest BCUT2D eigenvalue weighted by atomic mass is 10.1. The molecule has 3 aliphatic rings. The first-order valence-corrected chi connectivity index (χ1v) is 12.7. The fourth-order valence-electron chi connectivity index (χ4n) is 2.95. The number of rotatable bonds is 1. The van der Waals surface area contributed by atoms with Crippen LogP contribution in [0.1, 0.15) is 13.3 Å². The highest BCUT2D eigenvalue weighted by Crippen LogP contribution is 2.57. The molecule has 3 rings (SSSR count). The quantitative estimate of drug-likeness (QED) is 0.451. The standard InChI is InChI=1S/C11H17BrNO4S4/c1-11-8(6-21(16,17)9(11)12)18-10(19-11)13(2)7-3-4-20(14,15)5-7/h7-9H,3-6H2,1-2H3/q+1. The molecule has 3 heterocycles. The van der Waals surface area contributed by atoms with Gasteiger partial charge in [-0.05, 0) is 30.4 Å². The van der Waals surface area contributed by atoms with Gasteiger partial charge in [-0.25, -0.2) is 21.4 Å². The summed E-state index contributed by atoms with van der Waals surface area (Å²) >= 11 is 6.51. The smallest absolute Gasteiger partial charge is 0.229 e. The first kappa shape index (κ1) is 16.6. The monoisotopic (exact) mass is 434 g/mol. The Morgan fingerprint density at radius 1 is 1.29 bits per heavy atom. The van der Waals surface area contributed by atoms with Crippen LogP contribution in [0.3, 0.4) is 0 Å². The third kappa shape index (κ3) is 2.72. The molecule has 0 N–H and O–H groups in total. The van der Waals surface area contributed by atoms with Crippen LogP contribution in [0, 0.1) is 0 Å². The second-order valence-electron chi connectivity index (χ2n) is 5.97. The van der Waals surface area contributed by atoms with Gasteiger partial charge in [-0.15, -0.1) is 0 Å². The molecule has 4 unspecified atom stereocenters. The van der Waals surface area contributed by atoms with E-state index in [1.807, 2.05) is 18.5 Å². The Labute approximate surface area is 142 Å². The van der Waals surface area contributed by atoms with Gasteiger partial charge < -0.3 is 0 Å². The van der Waals surface area contributed by atoms with Crippen molar-refractivity contribution in [2.75, 3.05) is 24.3 Å². The van der Waals surface area contributed by atoms with Crippen molar-refractivity contribution < 1.29 is 21.4 Å². The molecular weight excluding hydrogens is 418 g/mol. The molecule has 0 aromatic rings. The van der Waals surface area contributed by atoms with Crippen molar-refractivity contribution in [2.45, 2.75) is 33.5 Å². The van der Waals surface area contributed by atoms with Crippen molar-refractivity contribution in [3.05, 3.63) is 0 Å². The number of hydrogen-bond acceptors (Lipinski definition) is 6. The summed E-state index contributed by atoms with van der Waals surface area (Å²) in [6, 6.07) is 0.0119. The predicted octanol–water partition coefficient (Wildman–Crippen LogP) is 0.929. The van der Waals surface area contributed by atoms with Crippen molar-refractivity contribution in [2.24, 2.45) is 0 Å². The van der Waals surface area contributed by atoms with Gasteiger partial charge >= 0.3 is 0 Å². The average Bonchev–Trinajstić information content (AvgIpc) is 2.93. The van der Waals surface area contributed by atoms with Crippen molar-refractivity contribution in [3.63, 3.8) is 0 Å². The summed E-state index contributed by atoms with van der Waals surface area (Å²) in [5.74, 6) is 0.629. The molecule has 5 nitrogen and oxygen atoms in total. The lowest BCUT2D eigenvalue weighted by Gasteiger charge is -2.21. The summed E-state index contributed by atoms with van der Waals surface area (Å²) in [5.41, 5.74) is 0. The zero-order valence-corrected chi connectivity index (χ0v) is 16.5. The number of halogens is 1. The van der Waals surface area contributed by atoms with Crippen LogP contribution < -0.4 is 0 Å². The fourth-order valence-corrected chi connectivity index (χ4v) is 12.7. The molecule has 0 aromatic heterocycles. The fraction of sp³-hybridized carbons (Fsp3) is 0.909. The van der Waals surface area contributed by atoms with E-state index in [0.29, 0.717) is 6.42 Å². The van der Waals surface area contributed by atoms with Gasteiger partial charge in [0.25, 0.3) is 4.38 Å². The maximum absolute atomic E-state index is 12.0. The van der Waals surface area contributed by atoms with Crippen LogP contribution in [0.4, 0.5) is 0 Å². The molecule has 0 radical (unpaired) electrons. The van der Waals surface area contributed by atoms with Crippen LogP contribution in [0.2, 0.25) is 0 Å². The van der Waals surface area contributed by atoms with Gasteiger partial charge in [0, 0.05) is 11.7 Å². The van der Waals surface area contributed by atoms with Gasteiger partial charge in [0.05, 0.1) is 16.3 Å². The van der Waals surface area contributed by atoms with E-state index >= 15 is 0 Å². The highest BCUT2D eigenvalue weighted by molar-refractivity contribution is 9.11. The van der Waals surface area contributed by atoms with Gasteiger partial charge in [0.1, 0.15) is 17.0 Å². The summed E-state index contributed by atoms with van der Waals surface area (Å²) < 4.78 is 49.4. The largest absolute Gasteiger partial charge is 0.271 e. The van der Waals surface area contributed by atoms with Crippen LogP contribution in [-0.2, 0) is 19.7 Å². The number of sulfone groups is 2. The molecule has 4 atom stereocenters. The summed E-state index contributed by atoms with van der Waals surface area (Å²) in [5, 5.41) is 0.0207. The molecule has 0 aliphatic carbocycles. The Morgan fingerprint density at radius 2 is 1.95 bits per heavy atom. The Hall–Kier alpha value is 0.750. The van der Waals surface area contributed by atoms with Crippen molar-refractivity contribution in [3.8, 4) is 0 Å². The Morgan fingerprint density at radius 3 is 2.48 bits per heavy atom. The summed E-state index contributed by atoms with van der Waals surface area (Å²) in [6.07, 6.45) is 0.654. The predicted molar refractivity (Wildman–Crippen MR) is 92.1 cm³/mol. The van der Waals surface area contributed by atoms with E-state index in [2.05, 4.69) is 15.9 Å². The lowest BCUT2D eigenvalue weighted by molar-refractivity contribution is -0.526. The summed E-state index contributed by atoms with van der Waals surface area (Å²) in [4.78, 5) is 0. The first-order chi connectivity index (χ1) is 9.55. The van der Waals surface area contributed by atoms with Gasteiger partial charge in [-0.2, -0.15) is 0 Å². The lowest BCUT2D eigenvalue weighted by Crippen LogP contribution is -2.34. The van der Waals surface area contributed by atoms with Crippen LogP contribution in [0.15, 0.2) is 0 Å². The summed E-state index contributed by atoms with van der Waals surface area (Å²) in [6.45, 7) is 1.98. The molecule has 0 spiro atoms. The molecule has 0 saturated carbocycles. The molecule has 21 heavy (non-hydrogen) atoms. The second-order valence-corrected chi connectivity index (χ2v) is 14.8. The molecule has 120 valence electrons. The zero-order valence-electron chi connectivity index (χ0n) is 11.7.